The molecule has 5 heteroatoms. The number of nitrogens with zero attached hydrogens (tertiary/aromatic N) is 1. The van der Waals surface area contributed by atoms with Crippen LogP contribution in [-0.4, -0.2) is 23.2 Å². The van der Waals surface area contributed by atoms with Crippen LogP contribution in [0.2, 0.25) is 0 Å². The van der Waals surface area contributed by atoms with Crippen molar-refractivity contribution < 1.29 is 14.3 Å². The molecule has 196 valence electrons. The number of esters is 1. The molecule has 1 heterocycles. The Balaban J connectivity index is 1.51. The Kier molecular flexibility index (Phi) is 8.28. The first-order valence-corrected chi connectivity index (χ1v) is 13.8. The molecule has 0 amide bonds. The summed E-state index contributed by atoms with van der Waals surface area (Å²) in [6.45, 7) is 4.24. The molecular formula is C34H30BrNO3. The molecule has 0 spiro atoms. The van der Waals surface area contributed by atoms with Crippen molar-refractivity contribution in [2.75, 3.05) is 6.61 Å². The topological polar surface area (TPSA) is 40.5 Å². The molecule has 0 aliphatic heterocycles. The van der Waals surface area contributed by atoms with Gasteiger partial charge in [0.2, 0.25) is 0 Å². The van der Waals surface area contributed by atoms with Gasteiger partial charge in [-0.15, -0.1) is 0 Å². The fourth-order valence-electron chi connectivity index (χ4n) is 4.78. The zero-order valence-corrected chi connectivity index (χ0v) is 23.6. The van der Waals surface area contributed by atoms with Gasteiger partial charge >= 0.3 is 5.97 Å². The predicted octanol–water partition coefficient (Wildman–Crippen LogP) is 8.44. The van der Waals surface area contributed by atoms with Gasteiger partial charge in [-0.1, -0.05) is 76.6 Å². The highest BCUT2D eigenvalue weighted by atomic mass is 79.9. The van der Waals surface area contributed by atoms with E-state index >= 15 is 0 Å². The van der Waals surface area contributed by atoms with Gasteiger partial charge in [0.1, 0.15) is 5.75 Å². The molecule has 0 saturated heterocycles. The highest BCUT2D eigenvalue weighted by molar-refractivity contribution is 9.10. The first-order chi connectivity index (χ1) is 19.0. The second-order valence-corrected chi connectivity index (χ2v) is 10.2. The summed E-state index contributed by atoms with van der Waals surface area (Å²) in [4.78, 5) is 12.7. The summed E-state index contributed by atoms with van der Waals surface area (Å²) in [6.07, 6.45) is -0.294. The lowest BCUT2D eigenvalue weighted by Crippen LogP contribution is -2.31. The minimum Gasteiger partial charge on any atom is -0.478 e. The number of aryl methyl sites for hydroxylation is 1. The zero-order chi connectivity index (χ0) is 27.2. The monoisotopic (exact) mass is 579 g/mol. The number of aromatic nitrogens is 1. The Hall–Kier alpha value is -4.09. The number of benzene rings is 4. The van der Waals surface area contributed by atoms with Gasteiger partial charge in [0.25, 0.3) is 0 Å². The molecule has 39 heavy (non-hydrogen) atoms. The van der Waals surface area contributed by atoms with Crippen LogP contribution in [0.25, 0.3) is 28.1 Å². The fraction of sp³-hybridized carbons (Fsp3) is 0.147. The second kappa shape index (κ2) is 12.2. The second-order valence-electron chi connectivity index (χ2n) is 9.30. The van der Waals surface area contributed by atoms with Crippen molar-refractivity contribution in [3.05, 3.63) is 131 Å². The molecule has 0 radical (unpaired) electrons. The van der Waals surface area contributed by atoms with Gasteiger partial charge in [0, 0.05) is 27.8 Å². The number of rotatable bonds is 9. The van der Waals surface area contributed by atoms with Crippen LogP contribution in [0.5, 0.6) is 5.75 Å². The summed E-state index contributed by atoms with van der Waals surface area (Å²) in [6, 6.07) is 38.8. The van der Waals surface area contributed by atoms with Crippen LogP contribution >= 0.6 is 15.9 Å². The Labute approximate surface area is 238 Å². The van der Waals surface area contributed by atoms with Crippen molar-refractivity contribution in [2.24, 2.45) is 0 Å². The summed E-state index contributed by atoms with van der Waals surface area (Å²) in [7, 11) is 0. The van der Waals surface area contributed by atoms with Crippen LogP contribution in [0.3, 0.4) is 0 Å². The van der Waals surface area contributed by atoms with Gasteiger partial charge < -0.3 is 14.0 Å². The van der Waals surface area contributed by atoms with E-state index in [9.17, 15) is 4.79 Å². The average Bonchev–Trinajstić information content (AvgIpc) is 3.31. The van der Waals surface area contributed by atoms with E-state index in [4.69, 9.17) is 9.47 Å². The third-order valence-electron chi connectivity index (χ3n) is 6.57. The van der Waals surface area contributed by atoms with Gasteiger partial charge in [-0.2, -0.15) is 0 Å². The molecule has 4 nitrogen and oxygen atoms in total. The van der Waals surface area contributed by atoms with Crippen LogP contribution in [-0.2, 0) is 16.0 Å². The summed E-state index contributed by atoms with van der Waals surface area (Å²) in [5, 5.41) is 0. The van der Waals surface area contributed by atoms with Gasteiger partial charge in [0.15, 0.2) is 6.10 Å². The maximum absolute atomic E-state index is 12.7. The largest absolute Gasteiger partial charge is 0.478 e. The number of halogens is 1. The molecule has 1 atom stereocenters. The van der Waals surface area contributed by atoms with Crippen LogP contribution in [0.1, 0.15) is 18.2 Å². The number of hydrogen-bond acceptors (Lipinski definition) is 3. The highest BCUT2D eigenvalue weighted by Gasteiger charge is 2.23. The molecule has 0 aliphatic rings. The van der Waals surface area contributed by atoms with Crippen molar-refractivity contribution in [3.63, 3.8) is 0 Å². The van der Waals surface area contributed by atoms with Gasteiger partial charge in [-0.3, -0.25) is 0 Å². The van der Waals surface area contributed by atoms with Crippen molar-refractivity contribution in [1.82, 2.24) is 4.57 Å². The van der Waals surface area contributed by atoms with Crippen LogP contribution in [0.4, 0.5) is 0 Å². The summed E-state index contributed by atoms with van der Waals surface area (Å²) >= 11 is 3.55. The van der Waals surface area contributed by atoms with E-state index in [1.165, 1.54) is 0 Å². The normalized spacial score (nSPS) is 11.7. The minimum absolute atomic E-state index is 0.307. The summed E-state index contributed by atoms with van der Waals surface area (Å²) in [5.41, 5.74) is 7.68. The lowest BCUT2D eigenvalue weighted by molar-refractivity contribution is -0.151. The zero-order valence-electron chi connectivity index (χ0n) is 22.0. The number of ether oxygens (including phenoxy) is 2. The van der Waals surface area contributed by atoms with Crippen molar-refractivity contribution in [2.45, 2.75) is 26.4 Å². The van der Waals surface area contributed by atoms with E-state index in [2.05, 4.69) is 94.2 Å². The lowest BCUT2D eigenvalue weighted by Gasteiger charge is -2.19. The minimum atomic E-state index is -0.730. The third kappa shape index (κ3) is 6.15. The Morgan fingerprint density at radius 3 is 2.10 bits per heavy atom. The van der Waals surface area contributed by atoms with Crippen LogP contribution < -0.4 is 4.74 Å². The molecule has 5 rings (SSSR count). The van der Waals surface area contributed by atoms with E-state index in [0.29, 0.717) is 18.8 Å². The van der Waals surface area contributed by atoms with Gasteiger partial charge in [0.05, 0.1) is 12.3 Å². The maximum atomic E-state index is 12.7. The molecule has 5 aromatic rings. The van der Waals surface area contributed by atoms with Crippen LogP contribution in [0, 0.1) is 6.92 Å². The first-order valence-electron chi connectivity index (χ1n) is 13.0. The molecule has 0 saturated carbocycles. The van der Waals surface area contributed by atoms with E-state index < -0.39 is 6.10 Å². The SMILES string of the molecule is CCOC(=O)[C@@H](Cc1ccccc1)Oc1ccc(-c2c(-c3ccccc3)cc(C)n2-c2ccc(Br)cc2)cc1. The fourth-order valence-corrected chi connectivity index (χ4v) is 5.04. The van der Waals surface area contributed by atoms with E-state index in [1.54, 1.807) is 6.92 Å². The number of carbonyl (C=O) groups is 1. The Morgan fingerprint density at radius 1 is 0.821 bits per heavy atom. The molecular weight excluding hydrogens is 550 g/mol. The Bertz CT molecular complexity index is 1530. The average molecular weight is 581 g/mol. The molecule has 0 unspecified atom stereocenters. The quantitative estimate of drug-likeness (QED) is 0.164. The van der Waals surface area contributed by atoms with E-state index in [-0.39, 0.29) is 5.97 Å². The summed E-state index contributed by atoms with van der Waals surface area (Å²) < 4.78 is 14.8. The molecule has 0 N–H and O–H groups in total. The van der Waals surface area contributed by atoms with Crippen molar-refractivity contribution >= 4 is 21.9 Å². The lowest BCUT2D eigenvalue weighted by atomic mass is 10.0. The van der Waals surface area contributed by atoms with Gasteiger partial charge in [-0.25, -0.2) is 4.79 Å². The summed E-state index contributed by atoms with van der Waals surface area (Å²) in [5.74, 6) is 0.254. The van der Waals surface area contributed by atoms with Gasteiger partial charge in [-0.05, 0) is 85.1 Å². The molecule has 0 fully saturated rings. The molecule has 1 aromatic heterocycles. The van der Waals surface area contributed by atoms with Crippen molar-refractivity contribution in [3.8, 4) is 33.8 Å². The first kappa shape index (κ1) is 26.5. The van der Waals surface area contributed by atoms with Crippen LogP contribution in [0.15, 0.2) is 120 Å². The molecule has 0 aliphatic carbocycles. The maximum Gasteiger partial charge on any atom is 0.347 e. The number of carbonyl (C=O) groups excluding carboxylic acids is 1. The third-order valence-corrected chi connectivity index (χ3v) is 7.10. The number of hydrogen-bond donors (Lipinski definition) is 0. The highest BCUT2D eigenvalue weighted by Crippen LogP contribution is 2.38. The molecule has 4 aromatic carbocycles. The Morgan fingerprint density at radius 2 is 1.46 bits per heavy atom. The standard InChI is InChI=1S/C34H30BrNO3/c1-3-38-34(37)32(23-25-10-6-4-7-11-25)39-30-20-14-27(15-21-30)33-31(26-12-8-5-9-13-26)22-24(2)36(33)29-18-16-28(35)17-19-29/h4-22,32H,3,23H2,1-2H3/t32-/m1/s1. The predicted molar refractivity (Wildman–Crippen MR) is 160 cm³/mol. The van der Waals surface area contributed by atoms with E-state index in [0.717, 1.165) is 43.8 Å². The van der Waals surface area contributed by atoms with Crippen molar-refractivity contribution in [1.29, 1.82) is 0 Å². The smallest absolute Gasteiger partial charge is 0.347 e. The molecule has 0 bridgehead atoms. The van der Waals surface area contributed by atoms with E-state index in [1.807, 2.05) is 48.5 Å².